The summed E-state index contributed by atoms with van der Waals surface area (Å²) >= 11 is 5.77. The van der Waals surface area contributed by atoms with E-state index in [4.69, 9.17) is 11.6 Å². The number of aryl methyl sites for hydroxylation is 1. The Morgan fingerprint density at radius 1 is 1.03 bits per heavy atom. The largest absolute Gasteiger partial charge is 0.352 e. The number of nitrogens with zero attached hydrogens (tertiary/aromatic N) is 5. The van der Waals surface area contributed by atoms with Gasteiger partial charge < -0.3 is 20.4 Å². The summed E-state index contributed by atoms with van der Waals surface area (Å²) in [7, 11) is 0. The van der Waals surface area contributed by atoms with E-state index in [1.54, 1.807) is 11.1 Å². The van der Waals surface area contributed by atoms with E-state index < -0.39 is 5.82 Å². The van der Waals surface area contributed by atoms with Gasteiger partial charge in [0.05, 0.1) is 5.02 Å². The summed E-state index contributed by atoms with van der Waals surface area (Å²) in [6, 6.07) is 11.4. The van der Waals surface area contributed by atoms with E-state index >= 15 is 0 Å². The predicted octanol–water partition coefficient (Wildman–Crippen LogP) is 4.07. The number of pyridine rings is 1. The third-order valence-electron chi connectivity index (χ3n) is 4.88. The molecule has 0 bridgehead atoms. The molecular formula is C21H21ClFN7O. The van der Waals surface area contributed by atoms with Crippen molar-refractivity contribution < 1.29 is 9.18 Å². The number of anilines is 4. The quantitative estimate of drug-likeness (QED) is 0.634. The first-order valence-corrected chi connectivity index (χ1v) is 10.1. The maximum Gasteiger partial charge on any atom is 0.321 e. The molecule has 0 aliphatic carbocycles. The molecule has 2 aromatic heterocycles. The van der Waals surface area contributed by atoms with Gasteiger partial charge in [0, 0.05) is 38.1 Å². The molecule has 1 aromatic carbocycles. The molecule has 0 unspecified atom stereocenters. The number of carbonyl (C=O) groups excluding carboxylic acids is 1. The molecule has 1 saturated heterocycles. The smallest absolute Gasteiger partial charge is 0.321 e. The van der Waals surface area contributed by atoms with Crippen LogP contribution >= 0.6 is 11.6 Å². The lowest BCUT2D eigenvalue weighted by Gasteiger charge is -2.35. The third kappa shape index (κ3) is 5.18. The van der Waals surface area contributed by atoms with E-state index in [1.165, 1.54) is 18.2 Å². The molecule has 2 amide bonds. The second kappa shape index (κ2) is 9.13. The van der Waals surface area contributed by atoms with Gasteiger partial charge in [0.15, 0.2) is 11.6 Å². The van der Waals surface area contributed by atoms with E-state index in [1.807, 2.05) is 31.2 Å². The van der Waals surface area contributed by atoms with Crippen LogP contribution in [0.5, 0.6) is 0 Å². The van der Waals surface area contributed by atoms with Crippen molar-refractivity contribution in [3.8, 4) is 0 Å². The number of hydrogen-bond donors (Lipinski definition) is 2. The molecule has 0 saturated carbocycles. The van der Waals surface area contributed by atoms with Crippen LogP contribution in [0.25, 0.3) is 0 Å². The molecule has 1 aliphatic rings. The Kier molecular flexibility index (Phi) is 6.13. The molecule has 3 heterocycles. The highest BCUT2D eigenvalue weighted by Gasteiger charge is 2.22. The van der Waals surface area contributed by atoms with Crippen LogP contribution in [0.15, 0.2) is 48.7 Å². The van der Waals surface area contributed by atoms with Gasteiger partial charge in [-0.3, -0.25) is 0 Å². The number of piperazine rings is 1. The zero-order valence-electron chi connectivity index (χ0n) is 16.8. The summed E-state index contributed by atoms with van der Waals surface area (Å²) in [4.78, 5) is 20.5. The molecule has 1 fully saturated rings. The van der Waals surface area contributed by atoms with Gasteiger partial charge in [-0.15, -0.1) is 10.2 Å². The van der Waals surface area contributed by atoms with E-state index in [2.05, 4.69) is 30.7 Å². The molecule has 0 atom stereocenters. The highest BCUT2D eigenvalue weighted by atomic mass is 35.5. The average molecular weight is 442 g/mol. The molecule has 10 heteroatoms. The van der Waals surface area contributed by atoms with Crippen LogP contribution in [0.4, 0.5) is 32.3 Å². The number of halogens is 2. The van der Waals surface area contributed by atoms with Crippen LogP contribution in [-0.4, -0.2) is 52.3 Å². The first kappa shape index (κ1) is 20.8. The average Bonchev–Trinajstić information content (AvgIpc) is 2.78. The lowest BCUT2D eigenvalue weighted by atomic mass is 10.3. The topological polar surface area (TPSA) is 86.3 Å². The standard InChI is InChI=1S/C21H21ClFN7O/c1-14-2-5-18(24-13-14)26-19-6-7-20(28-27-19)29-8-10-30(11-9-29)21(31)25-15-3-4-17(23)16(22)12-15/h2-7,12-13H,8-11H2,1H3,(H,25,31)(H,24,26,27). The minimum atomic E-state index is -0.522. The molecular weight excluding hydrogens is 421 g/mol. The van der Waals surface area contributed by atoms with Gasteiger partial charge in [0.1, 0.15) is 11.6 Å². The second-order valence-electron chi connectivity index (χ2n) is 7.16. The summed E-state index contributed by atoms with van der Waals surface area (Å²) in [5.41, 5.74) is 1.54. The Labute approximate surface area is 184 Å². The van der Waals surface area contributed by atoms with Crippen molar-refractivity contribution in [1.82, 2.24) is 20.1 Å². The number of benzene rings is 1. The van der Waals surface area contributed by atoms with E-state index in [-0.39, 0.29) is 11.1 Å². The number of carbonyl (C=O) groups is 1. The Morgan fingerprint density at radius 3 is 2.45 bits per heavy atom. The van der Waals surface area contributed by atoms with Gasteiger partial charge in [-0.05, 0) is 48.9 Å². The molecule has 8 nitrogen and oxygen atoms in total. The summed E-state index contributed by atoms with van der Waals surface area (Å²) in [5, 5.41) is 14.3. The number of hydrogen-bond acceptors (Lipinski definition) is 6. The van der Waals surface area contributed by atoms with Crippen LogP contribution in [-0.2, 0) is 0 Å². The van der Waals surface area contributed by atoms with E-state index in [0.29, 0.717) is 43.5 Å². The van der Waals surface area contributed by atoms with Gasteiger partial charge in [-0.25, -0.2) is 14.2 Å². The molecule has 4 rings (SSSR count). The third-order valence-corrected chi connectivity index (χ3v) is 5.17. The monoisotopic (exact) mass is 441 g/mol. The van der Waals surface area contributed by atoms with Crippen LogP contribution in [0.3, 0.4) is 0 Å². The van der Waals surface area contributed by atoms with Gasteiger partial charge in [0.25, 0.3) is 0 Å². The van der Waals surface area contributed by atoms with Gasteiger partial charge in [0.2, 0.25) is 0 Å². The van der Waals surface area contributed by atoms with Crippen molar-refractivity contribution in [2.24, 2.45) is 0 Å². The molecule has 2 N–H and O–H groups in total. The molecule has 1 aliphatic heterocycles. The van der Waals surface area contributed by atoms with Crippen molar-refractivity contribution in [1.29, 1.82) is 0 Å². The summed E-state index contributed by atoms with van der Waals surface area (Å²) in [6.07, 6.45) is 1.78. The fourth-order valence-corrected chi connectivity index (χ4v) is 3.33. The molecule has 3 aromatic rings. The van der Waals surface area contributed by atoms with Crippen LogP contribution in [0.2, 0.25) is 5.02 Å². The van der Waals surface area contributed by atoms with Gasteiger partial charge in [-0.2, -0.15) is 0 Å². The Morgan fingerprint density at radius 2 is 1.81 bits per heavy atom. The van der Waals surface area contributed by atoms with Crippen molar-refractivity contribution in [2.75, 3.05) is 41.7 Å². The van der Waals surface area contributed by atoms with Gasteiger partial charge in [-0.1, -0.05) is 17.7 Å². The Hall–Kier alpha value is -3.46. The van der Waals surface area contributed by atoms with Crippen molar-refractivity contribution >= 4 is 40.8 Å². The lowest BCUT2D eigenvalue weighted by molar-refractivity contribution is 0.208. The predicted molar refractivity (Wildman–Crippen MR) is 119 cm³/mol. The maximum atomic E-state index is 13.3. The summed E-state index contributed by atoms with van der Waals surface area (Å²) in [5.74, 6) is 1.53. The Balaban J connectivity index is 1.30. The lowest BCUT2D eigenvalue weighted by Crippen LogP contribution is -2.50. The molecule has 31 heavy (non-hydrogen) atoms. The minimum absolute atomic E-state index is 0.0303. The van der Waals surface area contributed by atoms with Crippen LogP contribution in [0, 0.1) is 12.7 Å². The van der Waals surface area contributed by atoms with Crippen LogP contribution in [0.1, 0.15) is 5.56 Å². The van der Waals surface area contributed by atoms with Crippen LogP contribution < -0.4 is 15.5 Å². The first-order valence-electron chi connectivity index (χ1n) is 9.77. The second-order valence-corrected chi connectivity index (χ2v) is 7.56. The molecule has 0 radical (unpaired) electrons. The first-order chi connectivity index (χ1) is 15.0. The maximum absolute atomic E-state index is 13.3. The molecule has 160 valence electrons. The molecule has 0 spiro atoms. The summed E-state index contributed by atoms with van der Waals surface area (Å²) in [6.45, 7) is 4.27. The number of nitrogens with one attached hydrogen (secondary N) is 2. The van der Waals surface area contributed by atoms with Gasteiger partial charge >= 0.3 is 6.03 Å². The fraction of sp³-hybridized carbons (Fsp3) is 0.238. The summed E-state index contributed by atoms with van der Waals surface area (Å²) < 4.78 is 13.3. The van der Waals surface area contributed by atoms with Crippen molar-refractivity contribution in [3.05, 3.63) is 65.1 Å². The normalized spacial score (nSPS) is 13.8. The van der Waals surface area contributed by atoms with Crippen molar-refractivity contribution in [2.45, 2.75) is 6.92 Å². The fourth-order valence-electron chi connectivity index (χ4n) is 3.15. The SMILES string of the molecule is Cc1ccc(Nc2ccc(N3CCN(C(=O)Nc4ccc(F)c(Cl)c4)CC3)nn2)nc1. The zero-order valence-corrected chi connectivity index (χ0v) is 17.6. The van der Waals surface area contributed by atoms with Crippen molar-refractivity contribution in [3.63, 3.8) is 0 Å². The van der Waals surface area contributed by atoms with E-state index in [0.717, 1.165) is 11.4 Å². The highest BCUT2D eigenvalue weighted by molar-refractivity contribution is 6.31. The number of amides is 2. The Bertz CT molecular complexity index is 1050. The number of rotatable bonds is 4. The minimum Gasteiger partial charge on any atom is -0.352 e. The van der Waals surface area contributed by atoms with E-state index in [9.17, 15) is 9.18 Å². The number of urea groups is 1. The zero-order chi connectivity index (χ0) is 21.8. The highest BCUT2D eigenvalue weighted by Crippen LogP contribution is 2.21. The number of aromatic nitrogens is 3.